The highest BCUT2D eigenvalue weighted by Crippen LogP contribution is 2.33. The molecule has 1 amide bonds. The summed E-state index contributed by atoms with van der Waals surface area (Å²) in [6.45, 7) is 2.89. The quantitative estimate of drug-likeness (QED) is 0.912. The minimum absolute atomic E-state index is 0.0621. The molecule has 3 rings (SSSR count). The van der Waals surface area contributed by atoms with Crippen molar-refractivity contribution in [2.45, 2.75) is 19.3 Å². The molecular formula is C18H20N2O. The number of benzene rings is 2. The van der Waals surface area contributed by atoms with Crippen LogP contribution in [0, 0.1) is 6.92 Å². The Labute approximate surface area is 125 Å². The number of hydrogen-bond donors (Lipinski definition) is 1. The van der Waals surface area contributed by atoms with E-state index in [9.17, 15) is 4.79 Å². The number of likely N-dealkylation sites (N-methyl/N-ethyl adjacent to an activating group) is 1. The third-order valence-electron chi connectivity index (χ3n) is 4.10. The van der Waals surface area contributed by atoms with Gasteiger partial charge in [-0.1, -0.05) is 30.3 Å². The summed E-state index contributed by atoms with van der Waals surface area (Å²) in [4.78, 5) is 14.6. The molecule has 0 radical (unpaired) electrons. The third kappa shape index (κ3) is 2.64. The van der Waals surface area contributed by atoms with Gasteiger partial charge in [0.1, 0.15) is 0 Å². The van der Waals surface area contributed by atoms with Gasteiger partial charge in [-0.05, 0) is 42.7 Å². The molecule has 1 heterocycles. The first-order valence-electron chi connectivity index (χ1n) is 7.34. The highest BCUT2D eigenvalue weighted by molar-refractivity contribution is 5.98. The predicted molar refractivity (Wildman–Crippen MR) is 86.9 cm³/mol. The number of carbonyl (C=O) groups excluding carboxylic acids is 1. The first-order chi connectivity index (χ1) is 10.2. The van der Waals surface area contributed by atoms with Crippen molar-refractivity contribution in [3.05, 3.63) is 59.7 Å². The Morgan fingerprint density at radius 2 is 2.00 bits per heavy atom. The summed E-state index contributed by atoms with van der Waals surface area (Å²) >= 11 is 0. The highest BCUT2D eigenvalue weighted by Gasteiger charge is 2.28. The molecular weight excluding hydrogens is 260 g/mol. The zero-order chi connectivity index (χ0) is 14.8. The van der Waals surface area contributed by atoms with Crippen LogP contribution in [0.5, 0.6) is 0 Å². The van der Waals surface area contributed by atoms with Crippen LogP contribution in [-0.2, 0) is 4.79 Å². The van der Waals surface area contributed by atoms with E-state index in [0.29, 0.717) is 0 Å². The van der Waals surface area contributed by atoms with Gasteiger partial charge >= 0.3 is 0 Å². The fourth-order valence-corrected chi connectivity index (χ4v) is 2.92. The fraction of sp³-hybridized carbons (Fsp3) is 0.278. The van der Waals surface area contributed by atoms with Gasteiger partial charge in [0.05, 0.1) is 5.92 Å². The van der Waals surface area contributed by atoms with Crippen molar-refractivity contribution in [2.75, 3.05) is 23.8 Å². The van der Waals surface area contributed by atoms with Crippen LogP contribution in [0.4, 0.5) is 11.4 Å². The van der Waals surface area contributed by atoms with Gasteiger partial charge in [0.25, 0.3) is 0 Å². The van der Waals surface area contributed by atoms with Crippen LogP contribution in [0.2, 0.25) is 0 Å². The lowest BCUT2D eigenvalue weighted by Crippen LogP contribution is -2.34. The third-order valence-corrected chi connectivity index (χ3v) is 4.10. The van der Waals surface area contributed by atoms with E-state index in [0.717, 1.165) is 35.5 Å². The molecule has 2 aromatic carbocycles. The van der Waals surface area contributed by atoms with Crippen molar-refractivity contribution < 1.29 is 4.79 Å². The average molecular weight is 280 g/mol. The van der Waals surface area contributed by atoms with Crippen molar-refractivity contribution in [1.82, 2.24) is 0 Å². The van der Waals surface area contributed by atoms with Crippen LogP contribution in [0.3, 0.4) is 0 Å². The Balaban J connectivity index is 1.89. The second kappa shape index (κ2) is 5.60. The molecule has 0 spiro atoms. The molecule has 0 bridgehead atoms. The Bertz CT molecular complexity index is 666. The van der Waals surface area contributed by atoms with Gasteiger partial charge < -0.3 is 10.2 Å². The number of para-hydroxylation sites is 1. The van der Waals surface area contributed by atoms with Crippen LogP contribution in [0.1, 0.15) is 23.5 Å². The van der Waals surface area contributed by atoms with Gasteiger partial charge in [0.15, 0.2) is 0 Å². The maximum Gasteiger partial charge on any atom is 0.234 e. The highest BCUT2D eigenvalue weighted by atomic mass is 16.2. The van der Waals surface area contributed by atoms with E-state index in [1.165, 1.54) is 0 Å². The molecule has 0 aliphatic carbocycles. The van der Waals surface area contributed by atoms with E-state index in [-0.39, 0.29) is 11.8 Å². The average Bonchev–Trinajstić information content (AvgIpc) is 2.53. The SMILES string of the molecule is Cc1cccc(N(C)C(=O)C2CCNc3ccccc32)c1. The van der Waals surface area contributed by atoms with Gasteiger partial charge in [-0.2, -0.15) is 0 Å². The molecule has 0 fully saturated rings. The summed E-state index contributed by atoms with van der Waals surface area (Å²) in [5, 5.41) is 3.36. The Morgan fingerprint density at radius 1 is 1.19 bits per heavy atom. The summed E-state index contributed by atoms with van der Waals surface area (Å²) in [6, 6.07) is 16.2. The molecule has 1 N–H and O–H groups in total. The maximum absolute atomic E-state index is 12.9. The van der Waals surface area contributed by atoms with Crippen molar-refractivity contribution in [2.24, 2.45) is 0 Å². The lowest BCUT2D eigenvalue weighted by molar-refractivity contribution is -0.119. The van der Waals surface area contributed by atoms with E-state index in [4.69, 9.17) is 0 Å². The van der Waals surface area contributed by atoms with Crippen molar-refractivity contribution in [3.8, 4) is 0 Å². The number of nitrogens with one attached hydrogen (secondary N) is 1. The zero-order valence-corrected chi connectivity index (χ0v) is 12.5. The van der Waals surface area contributed by atoms with Gasteiger partial charge in [0, 0.05) is 25.0 Å². The second-order valence-electron chi connectivity index (χ2n) is 5.59. The van der Waals surface area contributed by atoms with Crippen LogP contribution in [0.25, 0.3) is 0 Å². The van der Waals surface area contributed by atoms with Crippen LogP contribution >= 0.6 is 0 Å². The molecule has 1 unspecified atom stereocenters. The second-order valence-corrected chi connectivity index (χ2v) is 5.59. The Morgan fingerprint density at radius 3 is 2.81 bits per heavy atom. The summed E-state index contributed by atoms with van der Waals surface area (Å²) < 4.78 is 0. The molecule has 1 atom stereocenters. The lowest BCUT2D eigenvalue weighted by atomic mass is 9.89. The number of hydrogen-bond acceptors (Lipinski definition) is 2. The minimum Gasteiger partial charge on any atom is -0.385 e. The molecule has 3 heteroatoms. The lowest BCUT2D eigenvalue weighted by Gasteiger charge is -2.29. The van der Waals surface area contributed by atoms with Crippen LogP contribution in [0.15, 0.2) is 48.5 Å². The number of aryl methyl sites for hydroxylation is 1. The molecule has 0 aromatic heterocycles. The number of carbonyl (C=O) groups is 1. The molecule has 0 saturated carbocycles. The normalized spacial score (nSPS) is 16.8. The number of nitrogens with zero attached hydrogens (tertiary/aromatic N) is 1. The molecule has 21 heavy (non-hydrogen) atoms. The van der Waals surface area contributed by atoms with E-state index in [2.05, 4.69) is 5.32 Å². The molecule has 1 aliphatic rings. The summed E-state index contributed by atoms with van der Waals surface area (Å²) in [5.41, 5.74) is 4.31. The van der Waals surface area contributed by atoms with Crippen LogP contribution in [-0.4, -0.2) is 19.5 Å². The zero-order valence-electron chi connectivity index (χ0n) is 12.5. The number of fused-ring (bicyclic) bond motifs is 1. The first kappa shape index (κ1) is 13.7. The Hall–Kier alpha value is -2.29. The number of rotatable bonds is 2. The Kier molecular flexibility index (Phi) is 3.65. The summed E-state index contributed by atoms with van der Waals surface area (Å²) in [6.07, 6.45) is 0.839. The number of anilines is 2. The van der Waals surface area contributed by atoms with Gasteiger partial charge in [-0.3, -0.25) is 4.79 Å². The van der Waals surface area contributed by atoms with E-state index < -0.39 is 0 Å². The van der Waals surface area contributed by atoms with Crippen molar-refractivity contribution >= 4 is 17.3 Å². The summed E-state index contributed by atoms with van der Waals surface area (Å²) in [5.74, 6) is 0.0995. The minimum atomic E-state index is -0.0621. The first-order valence-corrected chi connectivity index (χ1v) is 7.34. The maximum atomic E-state index is 12.9. The fourth-order valence-electron chi connectivity index (χ4n) is 2.92. The molecule has 1 aliphatic heterocycles. The van der Waals surface area contributed by atoms with E-state index in [1.54, 1.807) is 4.90 Å². The van der Waals surface area contributed by atoms with Crippen LogP contribution < -0.4 is 10.2 Å². The largest absolute Gasteiger partial charge is 0.385 e. The molecule has 0 saturated heterocycles. The summed E-state index contributed by atoms with van der Waals surface area (Å²) in [7, 11) is 1.86. The van der Waals surface area contributed by atoms with Gasteiger partial charge in [0.2, 0.25) is 5.91 Å². The standard InChI is InChI=1S/C18H20N2O/c1-13-6-5-7-14(12-13)20(2)18(21)16-10-11-19-17-9-4-3-8-15(16)17/h3-9,12,16,19H,10-11H2,1-2H3. The van der Waals surface area contributed by atoms with E-state index >= 15 is 0 Å². The van der Waals surface area contributed by atoms with Gasteiger partial charge in [-0.25, -0.2) is 0 Å². The molecule has 3 nitrogen and oxygen atoms in total. The topological polar surface area (TPSA) is 32.3 Å². The van der Waals surface area contributed by atoms with Gasteiger partial charge in [-0.15, -0.1) is 0 Å². The predicted octanol–water partition coefficient (Wildman–Crippen LogP) is 3.56. The molecule has 2 aromatic rings. The monoisotopic (exact) mass is 280 g/mol. The number of amides is 1. The van der Waals surface area contributed by atoms with E-state index in [1.807, 2.05) is 62.5 Å². The smallest absolute Gasteiger partial charge is 0.234 e. The van der Waals surface area contributed by atoms with Crippen molar-refractivity contribution in [1.29, 1.82) is 0 Å². The van der Waals surface area contributed by atoms with Crippen molar-refractivity contribution in [3.63, 3.8) is 0 Å². The molecule has 108 valence electrons.